The third kappa shape index (κ3) is 2.28. The summed E-state index contributed by atoms with van der Waals surface area (Å²) in [5.74, 6) is -4.58. The zero-order valence-electron chi connectivity index (χ0n) is 9.49. The van der Waals surface area contributed by atoms with Crippen LogP contribution in [0.5, 0.6) is 17.2 Å². The van der Waals surface area contributed by atoms with Gasteiger partial charge in [-0.25, -0.2) is 4.79 Å². The van der Waals surface area contributed by atoms with E-state index in [1.54, 1.807) is 0 Å². The minimum Gasteiger partial charge on any atom is -0.508 e. The standard InChI is InChI=1S/C11H9NO7/c13-5-3-6(14)10(7(15)4-5)11(18)19-12-8(16)1-2-9(12)17/h3-4,13-15H,1-2H2. The van der Waals surface area contributed by atoms with Crippen LogP contribution in [0.25, 0.3) is 0 Å². The first kappa shape index (κ1) is 12.7. The van der Waals surface area contributed by atoms with Crippen molar-refractivity contribution < 1.29 is 34.5 Å². The van der Waals surface area contributed by atoms with Crippen LogP contribution in [0.4, 0.5) is 0 Å². The molecule has 0 bridgehead atoms. The van der Waals surface area contributed by atoms with Gasteiger partial charge in [0, 0.05) is 25.0 Å². The predicted octanol–water partition coefficient (Wildman–Crippen LogP) is 0.0242. The number of hydrogen-bond donors (Lipinski definition) is 3. The highest BCUT2D eigenvalue weighted by Gasteiger charge is 2.34. The van der Waals surface area contributed by atoms with E-state index in [9.17, 15) is 24.6 Å². The normalized spacial score (nSPS) is 14.8. The number of carbonyl (C=O) groups is 3. The van der Waals surface area contributed by atoms with E-state index in [1.165, 1.54) is 0 Å². The molecule has 2 rings (SSSR count). The van der Waals surface area contributed by atoms with Gasteiger partial charge >= 0.3 is 5.97 Å². The molecular weight excluding hydrogens is 258 g/mol. The van der Waals surface area contributed by atoms with Gasteiger partial charge in [-0.1, -0.05) is 0 Å². The molecule has 1 aromatic carbocycles. The first-order valence-corrected chi connectivity index (χ1v) is 5.23. The van der Waals surface area contributed by atoms with Crippen molar-refractivity contribution in [2.24, 2.45) is 0 Å². The number of rotatable bonds is 2. The van der Waals surface area contributed by atoms with E-state index in [0.717, 1.165) is 12.1 Å². The van der Waals surface area contributed by atoms with E-state index in [2.05, 4.69) is 4.84 Å². The number of nitrogens with zero attached hydrogens (tertiary/aromatic N) is 1. The van der Waals surface area contributed by atoms with E-state index in [1.807, 2.05) is 0 Å². The van der Waals surface area contributed by atoms with Crippen molar-refractivity contribution in [1.82, 2.24) is 5.06 Å². The van der Waals surface area contributed by atoms with Crippen LogP contribution in [-0.2, 0) is 14.4 Å². The molecule has 8 heteroatoms. The number of phenolic OH excluding ortho intramolecular Hbond substituents is 3. The van der Waals surface area contributed by atoms with Crippen LogP contribution in [-0.4, -0.2) is 38.2 Å². The molecule has 2 amide bonds. The summed E-state index contributed by atoms with van der Waals surface area (Å²) in [4.78, 5) is 38.7. The summed E-state index contributed by atoms with van der Waals surface area (Å²) in [5.41, 5.74) is -0.648. The summed E-state index contributed by atoms with van der Waals surface area (Å²) in [6, 6.07) is 1.62. The Balaban J connectivity index is 2.26. The van der Waals surface area contributed by atoms with Crippen LogP contribution in [0.1, 0.15) is 23.2 Å². The maximum absolute atomic E-state index is 11.7. The van der Waals surface area contributed by atoms with Crippen LogP contribution in [0, 0.1) is 0 Å². The largest absolute Gasteiger partial charge is 0.508 e. The van der Waals surface area contributed by atoms with Crippen LogP contribution in [0.15, 0.2) is 12.1 Å². The van der Waals surface area contributed by atoms with Crippen molar-refractivity contribution in [2.45, 2.75) is 12.8 Å². The molecule has 1 heterocycles. The van der Waals surface area contributed by atoms with Gasteiger partial charge in [0.05, 0.1) is 0 Å². The van der Waals surface area contributed by atoms with E-state index in [-0.39, 0.29) is 17.9 Å². The van der Waals surface area contributed by atoms with Gasteiger partial charge < -0.3 is 20.2 Å². The van der Waals surface area contributed by atoms with Gasteiger partial charge in [-0.05, 0) is 0 Å². The molecule has 1 fully saturated rings. The number of aromatic hydroxyl groups is 3. The van der Waals surface area contributed by atoms with Gasteiger partial charge in [-0.15, -0.1) is 5.06 Å². The summed E-state index contributed by atoms with van der Waals surface area (Å²) < 4.78 is 0. The third-order valence-electron chi connectivity index (χ3n) is 2.47. The molecule has 1 saturated heterocycles. The minimum absolute atomic E-state index is 0.0698. The summed E-state index contributed by atoms with van der Waals surface area (Å²) >= 11 is 0. The van der Waals surface area contributed by atoms with Crippen molar-refractivity contribution in [3.8, 4) is 17.2 Å². The van der Waals surface area contributed by atoms with E-state index >= 15 is 0 Å². The molecule has 8 nitrogen and oxygen atoms in total. The highest BCUT2D eigenvalue weighted by molar-refractivity contribution is 6.03. The lowest BCUT2D eigenvalue weighted by Crippen LogP contribution is -2.32. The molecule has 0 atom stereocenters. The molecule has 0 aromatic heterocycles. The maximum atomic E-state index is 11.7. The van der Waals surface area contributed by atoms with Gasteiger partial charge in [0.15, 0.2) is 0 Å². The lowest BCUT2D eigenvalue weighted by Gasteiger charge is -2.13. The summed E-state index contributed by atoms with van der Waals surface area (Å²) in [5, 5.41) is 28.2. The Hall–Kier alpha value is -2.77. The molecule has 1 aliphatic heterocycles. The molecule has 3 N–H and O–H groups in total. The zero-order valence-corrected chi connectivity index (χ0v) is 9.49. The van der Waals surface area contributed by atoms with Crippen LogP contribution in [0.3, 0.4) is 0 Å². The van der Waals surface area contributed by atoms with Gasteiger partial charge in [0.1, 0.15) is 22.8 Å². The number of benzene rings is 1. The molecule has 19 heavy (non-hydrogen) atoms. The van der Waals surface area contributed by atoms with Crippen LogP contribution < -0.4 is 0 Å². The van der Waals surface area contributed by atoms with Crippen molar-refractivity contribution in [3.05, 3.63) is 17.7 Å². The minimum atomic E-state index is -1.28. The maximum Gasteiger partial charge on any atom is 0.371 e. The fraction of sp³-hybridized carbons (Fsp3) is 0.182. The van der Waals surface area contributed by atoms with Gasteiger partial charge in [-0.3, -0.25) is 9.59 Å². The fourth-order valence-electron chi connectivity index (χ4n) is 1.59. The number of phenols is 3. The molecule has 0 unspecified atom stereocenters. The lowest BCUT2D eigenvalue weighted by molar-refractivity contribution is -0.172. The van der Waals surface area contributed by atoms with Crippen molar-refractivity contribution in [1.29, 1.82) is 0 Å². The highest BCUT2D eigenvalue weighted by atomic mass is 16.7. The highest BCUT2D eigenvalue weighted by Crippen LogP contribution is 2.32. The van der Waals surface area contributed by atoms with Crippen molar-refractivity contribution in [3.63, 3.8) is 0 Å². The Labute approximate surface area is 106 Å². The quantitative estimate of drug-likeness (QED) is 0.645. The van der Waals surface area contributed by atoms with Gasteiger partial charge in [0.2, 0.25) is 0 Å². The molecular formula is C11H9NO7. The molecule has 1 aliphatic rings. The SMILES string of the molecule is O=C(ON1C(=O)CCC1=O)c1c(O)cc(O)cc1O. The molecule has 0 radical (unpaired) electrons. The molecule has 1 aromatic rings. The smallest absolute Gasteiger partial charge is 0.371 e. The second-order valence-corrected chi connectivity index (χ2v) is 3.82. The van der Waals surface area contributed by atoms with E-state index < -0.39 is 40.6 Å². The molecule has 100 valence electrons. The van der Waals surface area contributed by atoms with Gasteiger partial charge in [-0.2, -0.15) is 0 Å². The third-order valence-corrected chi connectivity index (χ3v) is 2.47. The number of hydroxylamine groups is 2. The molecule has 0 aliphatic carbocycles. The number of hydrogen-bond acceptors (Lipinski definition) is 7. The average Bonchev–Trinajstić information content (AvgIpc) is 2.59. The lowest BCUT2D eigenvalue weighted by atomic mass is 10.1. The Morgan fingerprint density at radius 2 is 1.53 bits per heavy atom. The van der Waals surface area contributed by atoms with Gasteiger partial charge in [0.25, 0.3) is 11.8 Å². The second-order valence-electron chi connectivity index (χ2n) is 3.82. The Morgan fingerprint density at radius 3 is 2.00 bits per heavy atom. The first-order valence-electron chi connectivity index (χ1n) is 5.23. The second kappa shape index (κ2) is 4.48. The molecule has 0 saturated carbocycles. The number of carbonyl (C=O) groups excluding carboxylic acids is 3. The predicted molar refractivity (Wildman–Crippen MR) is 57.9 cm³/mol. The van der Waals surface area contributed by atoms with Crippen LogP contribution >= 0.6 is 0 Å². The summed E-state index contributed by atoms with van der Waals surface area (Å²) in [6.07, 6.45) is -0.140. The van der Waals surface area contributed by atoms with Crippen LogP contribution in [0.2, 0.25) is 0 Å². The van der Waals surface area contributed by atoms with E-state index in [4.69, 9.17) is 5.11 Å². The van der Waals surface area contributed by atoms with Crippen molar-refractivity contribution >= 4 is 17.8 Å². The molecule has 0 spiro atoms. The Bertz CT molecular complexity index is 541. The Kier molecular flexibility index (Phi) is 2.99. The fourth-order valence-corrected chi connectivity index (χ4v) is 1.59. The topological polar surface area (TPSA) is 124 Å². The van der Waals surface area contributed by atoms with Crippen molar-refractivity contribution in [2.75, 3.05) is 0 Å². The number of imide groups is 1. The zero-order chi connectivity index (χ0) is 14.2. The summed E-state index contributed by atoms with van der Waals surface area (Å²) in [7, 11) is 0. The average molecular weight is 267 g/mol. The monoisotopic (exact) mass is 267 g/mol. The first-order chi connectivity index (χ1) is 8.90. The summed E-state index contributed by atoms with van der Waals surface area (Å²) in [6.45, 7) is 0. The number of amides is 2. The van der Waals surface area contributed by atoms with E-state index in [0.29, 0.717) is 0 Å². The Morgan fingerprint density at radius 1 is 1.05 bits per heavy atom.